The van der Waals surface area contributed by atoms with Gasteiger partial charge in [-0.1, -0.05) is 13.3 Å². The highest BCUT2D eigenvalue weighted by Gasteiger charge is 2.39. The minimum Gasteiger partial charge on any atom is -0.383 e. The molecule has 2 rings (SSSR count). The van der Waals surface area contributed by atoms with Crippen molar-refractivity contribution in [2.45, 2.75) is 63.1 Å². The second-order valence-corrected chi connectivity index (χ2v) is 5.94. The molecular weight excluding hydrogens is 242 g/mol. The first-order valence-electron chi connectivity index (χ1n) is 7.75. The maximum atomic E-state index is 6.09. The number of hydrogen-bond donors (Lipinski definition) is 1. The Kier molecular flexibility index (Phi) is 6.07. The lowest BCUT2D eigenvalue weighted by Crippen LogP contribution is -2.52. The molecule has 2 atom stereocenters. The second-order valence-electron chi connectivity index (χ2n) is 5.94. The van der Waals surface area contributed by atoms with E-state index < -0.39 is 0 Å². The summed E-state index contributed by atoms with van der Waals surface area (Å²) in [6.07, 6.45) is 6.72. The molecule has 0 aliphatic carbocycles. The molecule has 19 heavy (non-hydrogen) atoms. The highest BCUT2D eigenvalue weighted by atomic mass is 16.5. The van der Waals surface area contributed by atoms with Crippen molar-refractivity contribution in [1.29, 1.82) is 0 Å². The van der Waals surface area contributed by atoms with Crippen molar-refractivity contribution in [3.8, 4) is 0 Å². The summed E-state index contributed by atoms with van der Waals surface area (Å²) in [5.41, 5.74) is 0.0814. The third kappa shape index (κ3) is 4.42. The number of rotatable bonds is 6. The van der Waals surface area contributed by atoms with Gasteiger partial charge in [0, 0.05) is 39.0 Å². The molecule has 1 spiro atoms. The van der Waals surface area contributed by atoms with Crippen LogP contribution in [0.2, 0.25) is 0 Å². The molecule has 2 unspecified atom stereocenters. The smallest absolute Gasteiger partial charge is 0.0741 e. The fraction of sp³-hybridized carbons (Fsp3) is 1.00. The lowest BCUT2D eigenvalue weighted by atomic mass is 9.84. The molecule has 1 N–H and O–H groups in total. The Morgan fingerprint density at radius 3 is 2.79 bits per heavy atom. The van der Waals surface area contributed by atoms with Crippen molar-refractivity contribution in [1.82, 2.24) is 5.32 Å². The quantitative estimate of drug-likeness (QED) is 0.803. The fourth-order valence-corrected chi connectivity index (χ4v) is 3.36. The van der Waals surface area contributed by atoms with Gasteiger partial charge in [-0.2, -0.15) is 0 Å². The maximum Gasteiger partial charge on any atom is 0.0741 e. The number of methoxy groups -OCH3 is 1. The lowest BCUT2D eigenvalue weighted by molar-refractivity contribution is -0.141. The van der Waals surface area contributed by atoms with E-state index in [1.165, 1.54) is 12.8 Å². The van der Waals surface area contributed by atoms with Crippen molar-refractivity contribution >= 4 is 0 Å². The Balaban J connectivity index is 1.85. The lowest BCUT2D eigenvalue weighted by Gasteiger charge is -2.44. The van der Waals surface area contributed by atoms with E-state index in [-0.39, 0.29) is 5.60 Å². The van der Waals surface area contributed by atoms with E-state index in [9.17, 15) is 0 Å². The van der Waals surface area contributed by atoms with E-state index in [2.05, 4.69) is 12.2 Å². The van der Waals surface area contributed by atoms with Gasteiger partial charge in [0.1, 0.15) is 0 Å². The molecule has 4 heteroatoms. The summed E-state index contributed by atoms with van der Waals surface area (Å²) in [6, 6.07) is 1.05. The molecule has 4 nitrogen and oxygen atoms in total. The summed E-state index contributed by atoms with van der Waals surface area (Å²) in [7, 11) is 1.79. The zero-order valence-corrected chi connectivity index (χ0v) is 12.5. The molecule has 0 amide bonds. The van der Waals surface area contributed by atoms with E-state index in [4.69, 9.17) is 14.2 Å². The summed E-state index contributed by atoms with van der Waals surface area (Å²) in [5.74, 6) is 0. The zero-order chi connectivity index (χ0) is 13.6. The third-order valence-corrected chi connectivity index (χ3v) is 4.37. The second kappa shape index (κ2) is 7.58. The van der Waals surface area contributed by atoms with Crippen LogP contribution < -0.4 is 5.32 Å². The van der Waals surface area contributed by atoms with Gasteiger partial charge in [-0.05, 0) is 32.1 Å². The first-order valence-corrected chi connectivity index (χ1v) is 7.75. The molecular formula is C15H29NO3. The van der Waals surface area contributed by atoms with Crippen LogP contribution in [0.4, 0.5) is 0 Å². The number of hydrogen-bond acceptors (Lipinski definition) is 4. The average molecular weight is 271 g/mol. The molecule has 2 aliphatic heterocycles. The number of ether oxygens (including phenoxy) is 3. The third-order valence-electron chi connectivity index (χ3n) is 4.37. The average Bonchev–Trinajstić information content (AvgIpc) is 2.40. The number of nitrogens with one attached hydrogen (secondary N) is 1. The molecule has 2 fully saturated rings. The molecule has 2 saturated heterocycles. The molecule has 0 radical (unpaired) electrons. The van der Waals surface area contributed by atoms with Gasteiger partial charge >= 0.3 is 0 Å². The molecule has 0 aromatic heterocycles. The van der Waals surface area contributed by atoms with Crippen LogP contribution in [0, 0.1) is 0 Å². The van der Waals surface area contributed by atoms with Gasteiger partial charge in [-0.3, -0.25) is 0 Å². The first kappa shape index (κ1) is 15.2. The van der Waals surface area contributed by atoms with Crippen molar-refractivity contribution in [3.63, 3.8) is 0 Å². The normalized spacial score (nSPS) is 28.4. The molecule has 2 heterocycles. The van der Waals surface area contributed by atoms with Gasteiger partial charge < -0.3 is 19.5 Å². The Morgan fingerprint density at radius 1 is 1.32 bits per heavy atom. The fourth-order valence-electron chi connectivity index (χ4n) is 3.36. The van der Waals surface area contributed by atoms with Crippen LogP contribution in [0.1, 0.15) is 45.4 Å². The van der Waals surface area contributed by atoms with Crippen molar-refractivity contribution in [2.75, 3.05) is 33.5 Å². The van der Waals surface area contributed by atoms with Gasteiger partial charge in [-0.15, -0.1) is 0 Å². The van der Waals surface area contributed by atoms with Crippen molar-refractivity contribution in [2.24, 2.45) is 0 Å². The van der Waals surface area contributed by atoms with Crippen LogP contribution in [0.25, 0.3) is 0 Å². The topological polar surface area (TPSA) is 39.7 Å². The summed E-state index contributed by atoms with van der Waals surface area (Å²) >= 11 is 0. The van der Waals surface area contributed by atoms with E-state index in [1.54, 1.807) is 7.11 Å². The SMILES string of the molecule is CCCC(COC)NC1CCOC2(CCOCC2)C1. The highest BCUT2D eigenvalue weighted by Crippen LogP contribution is 2.34. The van der Waals surface area contributed by atoms with Crippen LogP contribution >= 0.6 is 0 Å². The summed E-state index contributed by atoms with van der Waals surface area (Å²) in [5, 5.41) is 3.78. The molecule has 0 saturated carbocycles. The Bertz CT molecular complexity index is 242. The van der Waals surface area contributed by atoms with Gasteiger partial charge in [-0.25, -0.2) is 0 Å². The first-order chi connectivity index (χ1) is 9.28. The van der Waals surface area contributed by atoms with Crippen LogP contribution in [0.3, 0.4) is 0 Å². The highest BCUT2D eigenvalue weighted by molar-refractivity contribution is 4.92. The predicted molar refractivity (Wildman–Crippen MR) is 75.5 cm³/mol. The predicted octanol–water partition coefficient (Wildman–Crippen LogP) is 2.12. The van der Waals surface area contributed by atoms with E-state index in [0.717, 1.165) is 52.1 Å². The monoisotopic (exact) mass is 271 g/mol. The van der Waals surface area contributed by atoms with Crippen LogP contribution in [0.15, 0.2) is 0 Å². The van der Waals surface area contributed by atoms with E-state index in [0.29, 0.717) is 12.1 Å². The van der Waals surface area contributed by atoms with Gasteiger partial charge in [0.05, 0.1) is 12.2 Å². The summed E-state index contributed by atoms with van der Waals surface area (Å²) < 4.78 is 16.9. The molecule has 112 valence electrons. The minimum absolute atomic E-state index is 0.0814. The molecule has 0 aromatic rings. The van der Waals surface area contributed by atoms with Gasteiger partial charge in [0.25, 0.3) is 0 Å². The standard InChI is InChI=1S/C15H29NO3/c1-3-4-14(12-17-2)16-13-5-8-19-15(11-13)6-9-18-10-7-15/h13-14,16H,3-12H2,1-2H3. The summed E-state index contributed by atoms with van der Waals surface area (Å²) in [4.78, 5) is 0. The molecule has 0 bridgehead atoms. The Hall–Kier alpha value is -0.160. The zero-order valence-electron chi connectivity index (χ0n) is 12.5. The minimum atomic E-state index is 0.0814. The molecule has 0 aromatic carbocycles. The van der Waals surface area contributed by atoms with E-state index in [1.807, 2.05) is 0 Å². The van der Waals surface area contributed by atoms with Crippen LogP contribution in [-0.4, -0.2) is 51.2 Å². The maximum absolute atomic E-state index is 6.09. The summed E-state index contributed by atoms with van der Waals surface area (Å²) in [6.45, 7) is 5.62. The van der Waals surface area contributed by atoms with Gasteiger partial charge in [0.15, 0.2) is 0 Å². The van der Waals surface area contributed by atoms with Crippen LogP contribution in [-0.2, 0) is 14.2 Å². The van der Waals surface area contributed by atoms with Crippen molar-refractivity contribution in [3.05, 3.63) is 0 Å². The van der Waals surface area contributed by atoms with Crippen LogP contribution in [0.5, 0.6) is 0 Å². The largest absolute Gasteiger partial charge is 0.383 e. The van der Waals surface area contributed by atoms with E-state index >= 15 is 0 Å². The molecule has 2 aliphatic rings. The van der Waals surface area contributed by atoms with Gasteiger partial charge in [0.2, 0.25) is 0 Å². The Labute approximate surface area is 117 Å². The Morgan fingerprint density at radius 2 is 2.11 bits per heavy atom. The van der Waals surface area contributed by atoms with Crippen molar-refractivity contribution < 1.29 is 14.2 Å².